The summed E-state index contributed by atoms with van der Waals surface area (Å²) < 4.78 is 29.1. The number of sulfone groups is 1. The van der Waals surface area contributed by atoms with Gasteiger partial charge in [-0.2, -0.15) is 4.98 Å². The molecule has 1 fully saturated rings. The highest BCUT2D eigenvalue weighted by molar-refractivity contribution is 7.90. The molecule has 2 aromatic rings. The van der Waals surface area contributed by atoms with E-state index in [9.17, 15) is 8.42 Å². The van der Waals surface area contributed by atoms with E-state index in [2.05, 4.69) is 15.0 Å². The smallest absolute Gasteiger partial charge is 0.223 e. The van der Waals surface area contributed by atoms with Crippen LogP contribution in [0, 0.1) is 12.8 Å². The number of piperidine rings is 1. The summed E-state index contributed by atoms with van der Waals surface area (Å²) in [5.74, 6) is 1.70. The summed E-state index contributed by atoms with van der Waals surface area (Å²) in [6.07, 6.45) is 4.13. The number of aryl methyl sites for hydroxylation is 1. The fourth-order valence-electron chi connectivity index (χ4n) is 3.16. The average molecular weight is 335 g/mol. The molecule has 0 amide bonds. The molecule has 0 saturated carbocycles. The summed E-state index contributed by atoms with van der Waals surface area (Å²) in [4.78, 5) is 6.83. The Balaban J connectivity index is 1.79. The van der Waals surface area contributed by atoms with Gasteiger partial charge in [-0.3, -0.25) is 0 Å². The Morgan fingerprint density at radius 1 is 1.35 bits per heavy atom. The number of nitrogens with zero attached hydrogens (tertiary/aromatic N) is 3. The van der Waals surface area contributed by atoms with Gasteiger partial charge in [-0.1, -0.05) is 17.3 Å². The summed E-state index contributed by atoms with van der Waals surface area (Å²) in [6, 6.07) is 7.22. The summed E-state index contributed by atoms with van der Waals surface area (Å²) in [5, 5.41) is 3.96. The second-order valence-electron chi connectivity index (χ2n) is 6.13. The second kappa shape index (κ2) is 6.31. The maximum absolute atomic E-state index is 12.0. The molecule has 23 heavy (non-hydrogen) atoms. The van der Waals surface area contributed by atoms with Gasteiger partial charge in [-0.05, 0) is 30.9 Å². The highest BCUT2D eigenvalue weighted by Gasteiger charge is 2.25. The van der Waals surface area contributed by atoms with Crippen LogP contribution in [0.1, 0.15) is 24.6 Å². The van der Waals surface area contributed by atoms with Crippen molar-refractivity contribution in [1.82, 2.24) is 10.1 Å². The molecule has 1 aliphatic heterocycles. The molecular weight excluding hydrogens is 314 g/mol. The van der Waals surface area contributed by atoms with Crippen molar-refractivity contribution in [3.05, 3.63) is 36.0 Å². The van der Waals surface area contributed by atoms with E-state index >= 15 is 0 Å². The number of para-hydroxylation sites is 1. The Labute approximate surface area is 136 Å². The van der Waals surface area contributed by atoms with Crippen LogP contribution in [0.4, 0.5) is 5.69 Å². The van der Waals surface area contributed by atoms with Gasteiger partial charge >= 0.3 is 0 Å². The lowest BCUT2D eigenvalue weighted by atomic mass is 9.94. The monoisotopic (exact) mass is 335 g/mol. The molecule has 0 bridgehead atoms. The fraction of sp³-hybridized carbons (Fsp3) is 0.500. The van der Waals surface area contributed by atoms with Crippen molar-refractivity contribution >= 4 is 15.5 Å². The van der Waals surface area contributed by atoms with Gasteiger partial charge in [0.05, 0.1) is 10.6 Å². The van der Waals surface area contributed by atoms with Gasteiger partial charge < -0.3 is 9.42 Å². The zero-order valence-electron chi connectivity index (χ0n) is 13.4. The van der Waals surface area contributed by atoms with E-state index in [0.29, 0.717) is 16.7 Å². The summed E-state index contributed by atoms with van der Waals surface area (Å²) in [7, 11) is -3.24. The number of hydrogen-bond donors (Lipinski definition) is 0. The minimum atomic E-state index is -3.24. The van der Waals surface area contributed by atoms with Crippen LogP contribution in [0.5, 0.6) is 0 Å². The number of aromatic nitrogens is 2. The van der Waals surface area contributed by atoms with Gasteiger partial charge in [0, 0.05) is 32.7 Å². The Hall–Kier alpha value is -1.89. The molecule has 7 heteroatoms. The Kier molecular flexibility index (Phi) is 4.39. The normalized spacial score (nSPS) is 19.0. The SMILES string of the molecule is Cc1nc(C[C@@H]2CCCN(c3ccccc3S(C)(=O)=O)C2)no1. The van der Waals surface area contributed by atoms with Crippen LogP contribution >= 0.6 is 0 Å². The van der Waals surface area contributed by atoms with E-state index < -0.39 is 9.84 Å². The lowest BCUT2D eigenvalue weighted by Crippen LogP contribution is -2.37. The van der Waals surface area contributed by atoms with E-state index in [-0.39, 0.29) is 0 Å². The Morgan fingerprint density at radius 3 is 2.83 bits per heavy atom. The lowest BCUT2D eigenvalue weighted by molar-refractivity contribution is 0.369. The van der Waals surface area contributed by atoms with E-state index in [1.165, 1.54) is 6.26 Å². The first-order valence-electron chi connectivity index (χ1n) is 7.76. The minimum Gasteiger partial charge on any atom is -0.370 e. The molecule has 1 aromatic carbocycles. The van der Waals surface area contributed by atoms with Gasteiger partial charge in [0.25, 0.3) is 0 Å². The Morgan fingerprint density at radius 2 is 2.13 bits per heavy atom. The van der Waals surface area contributed by atoms with Crippen LogP contribution in [0.25, 0.3) is 0 Å². The van der Waals surface area contributed by atoms with Crippen molar-refractivity contribution in [2.24, 2.45) is 5.92 Å². The maximum Gasteiger partial charge on any atom is 0.223 e. The largest absolute Gasteiger partial charge is 0.370 e. The molecule has 1 saturated heterocycles. The third-order valence-electron chi connectivity index (χ3n) is 4.17. The van der Waals surface area contributed by atoms with E-state index in [4.69, 9.17) is 4.52 Å². The van der Waals surface area contributed by atoms with E-state index in [0.717, 1.165) is 43.9 Å². The molecule has 0 unspecified atom stereocenters. The Bertz CT molecular complexity index is 785. The first kappa shape index (κ1) is 16.0. The molecule has 1 atom stereocenters. The van der Waals surface area contributed by atoms with Crippen LogP contribution < -0.4 is 4.90 Å². The van der Waals surface area contributed by atoms with Crippen molar-refractivity contribution in [2.75, 3.05) is 24.2 Å². The first-order valence-corrected chi connectivity index (χ1v) is 9.66. The predicted molar refractivity (Wildman–Crippen MR) is 87.2 cm³/mol. The van der Waals surface area contributed by atoms with Gasteiger partial charge in [0.15, 0.2) is 15.7 Å². The molecule has 2 heterocycles. The number of rotatable bonds is 4. The molecule has 0 aliphatic carbocycles. The van der Waals surface area contributed by atoms with Crippen LogP contribution in [0.3, 0.4) is 0 Å². The molecule has 3 rings (SSSR count). The molecule has 6 nitrogen and oxygen atoms in total. The van der Waals surface area contributed by atoms with Gasteiger partial charge in [-0.25, -0.2) is 8.42 Å². The van der Waals surface area contributed by atoms with Crippen molar-refractivity contribution < 1.29 is 12.9 Å². The number of anilines is 1. The number of hydrogen-bond acceptors (Lipinski definition) is 6. The molecular formula is C16H21N3O3S. The maximum atomic E-state index is 12.0. The molecule has 0 N–H and O–H groups in total. The highest BCUT2D eigenvalue weighted by atomic mass is 32.2. The molecule has 1 aromatic heterocycles. The lowest BCUT2D eigenvalue weighted by Gasteiger charge is -2.35. The second-order valence-corrected chi connectivity index (χ2v) is 8.11. The third kappa shape index (κ3) is 3.72. The number of benzene rings is 1. The summed E-state index contributed by atoms with van der Waals surface area (Å²) in [6.45, 7) is 3.46. The quantitative estimate of drug-likeness (QED) is 0.853. The third-order valence-corrected chi connectivity index (χ3v) is 5.31. The van der Waals surface area contributed by atoms with E-state index in [1.54, 1.807) is 19.1 Å². The standard InChI is InChI=1S/C16H21N3O3S/c1-12-17-16(18-22-12)10-13-6-5-9-19(11-13)14-7-3-4-8-15(14)23(2,20)21/h3-4,7-8,13H,5-6,9-11H2,1-2H3/t13-/m0/s1. The van der Waals surface area contributed by atoms with Crippen molar-refractivity contribution in [2.45, 2.75) is 31.1 Å². The van der Waals surface area contributed by atoms with Crippen LogP contribution in [0.15, 0.2) is 33.7 Å². The predicted octanol–water partition coefficient (Wildman–Crippen LogP) is 2.24. The van der Waals surface area contributed by atoms with Crippen LogP contribution in [0.2, 0.25) is 0 Å². The molecule has 124 valence electrons. The van der Waals surface area contributed by atoms with Crippen LogP contribution in [-0.4, -0.2) is 37.9 Å². The van der Waals surface area contributed by atoms with Gasteiger partial charge in [-0.15, -0.1) is 0 Å². The van der Waals surface area contributed by atoms with Crippen molar-refractivity contribution in [3.63, 3.8) is 0 Å². The summed E-state index contributed by atoms with van der Waals surface area (Å²) in [5.41, 5.74) is 0.795. The molecule has 0 spiro atoms. The molecule has 0 radical (unpaired) electrons. The highest BCUT2D eigenvalue weighted by Crippen LogP contribution is 2.30. The van der Waals surface area contributed by atoms with Crippen LogP contribution in [-0.2, 0) is 16.3 Å². The topological polar surface area (TPSA) is 76.3 Å². The van der Waals surface area contributed by atoms with Gasteiger partial charge in [0.1, 0.15) is 0 Å². The van der Waals surface area contributed by atoms with Gasteiger partial charge in [0.2, 0.25) is 5.89 Å². The van der Waals surface area contributed by atoms with Crippen molar-refractivity contribution in [3.8, 4) is 0 Å². The zero-order chi connectivity index (χ0) is 16.4. The average Bonchev–Trinajstić information content (AvgIpc) is 2.92. The first-order chi connectivity index (χ1) is 10.9. The minimum absolute atomic E-state index is 0.397. The van der Waals surface area contributed by atoms with E-state index in [1.807, 2.05) is 12.1 Å². The zero-order valence-corrected chi connectivity index (χ0v) is 14.2. The summed E-state index contributed by atoms with van der Waals surface area (Å²) >= 11 is 0. The fourth-order valence-corrected chi connectivity index (χ4v) is 4.07. The van der Waals surface area contributed by atoms with Crippen molar-refractivity contribution in [1.29, 1.82) is 0 Å². The molecule has 1 aliphatic rings.